The molecule has 114 valence electrons. The lowest BCUT2D eigenvalue weighted by Crippen LogP contribution is -2.27. The zero-order valence-corrected chi connectivity index (χ0v) is 13.7. The molecule has 0 spiro atoms. The molecule has 0 aliphatic heterocycles. The molecule has 0 saturated carbocycles. The lowest BCUT2D eigenvalue weighted by atomic mass is 9.79. The van der Waals surface area contributed by atoms with Gasteiger partial charge < -0.3 is 4.74 Å². The monoisotopic (exact) mass is 314 g/mol. The van der Waals surface area contributed by atoms with Crippen LogP contribution in [0, 0.1) is 5.41 Å². The molecule has 0 aliphatic rings. The molecule has 2 nitrogen and oxygen atoms in total. The zero-order chi connectivity index (χ0) is 16.2. The molecule has 0 amide bonds. The van der Waals surface area contributed by atoms with Gasteiger partial charge >= 0.3 is 5.97 Å². The Bertz CT molecular complexity index is 670. The first-order valence-corrected chi connectivity index (χ1v) is 7.44. The Hall–Kier alpha value is -2.06. The van der Waals surface area contributed by atoms with E-state index in [1.54, 1.807) is 0 Å². The molecule has 0 fully saturated rings. The molecule has 2 aromatic rings. The van der Waals surface area contributed by atoms with Crippen molar-refractivity contribution in [3.05, 3.63) is 70.7 Å². The fourth-order valence-corrected chi connectivity index (χ4v) is 2.46. The maximum Gasteiger partial charge on any atom is 0.315 e. The van der Waals surface area contributed by atoms with Crippen LogP contribution in [0.25, 0.3) is 11.6 Å². The van der Waals surface area contributed by atoms with Crippen molar-refractivity contribution in [2.45, 2.75) is 13.8 Å². The molecule has 0 bridgehead atoms. The van der Waals surface area contributed by atoms with E-state index in [9.17, 15) is 4.79 Å². The van der Waals surface area contributed by atoms with Crippen molar-refractivity contribution in [2.75, 3.05) is 7.11 Å². The van der Waals surface area contributed by atoms with Crippen LogP contribution >= 0.6 is 11.6 Å². The van der Waals surface area contributed by atoms with Crippen molar-refractivity contribution in [2.24, 2.45) is 5.41 Å². The molecule has 3 heteroatoms. The molecule has 0 radical (unpaired) electrons. The second-order valence-corrected chi connectivity index (χ2v) is 6.03. The summed E-state index contributed by atoms with van der Waals surface area (Å²) in [4.78, 5) is 12.2. The fourth-order valence-electron chi connectivity index (χ4n) is 2.33. The van der Waals surface area contributed by atoms with Crippen LogP contribution in [-0.4, -0.2) is 13.1 Å². The first-order valence-electron chi connectivity index (χ1n) is 7.06. The van der Waals surface area contributed by atoms with Gasteiger partial charge in [0.2, 0.25) is 0 Å². The van der Waals surface area contributed by atoms with Crippen LogP contribution in [0.15, 0.2) is 54.6 Å². The van der Waals surface area contributed by atoms with Crippen molar-refractivity contribution in [1.29, 1.82) is 0 Å². The van der Waals surface area contributed by atoms with Crippen LogP contribution in [0.5, 0.6) is 0 Å². The SMILES string of the molecule is COC(=O)C(C)(C)/C(=C/c1ccc(Cl)cc1)c1ccccc1. The Balaban J connectivity index is 2.55. The molecule has 0 saturated heterocycles. The van der Waals surface area contributed by atoms with Crippen LogP contribution in [0.3, 0.4) is 0 Å². The molecule has 0 atom stereocenters. The number of carbonyl (C=O) groups excluding carboxylic acids is 1. The smallest absolute Gasteiger partial charge is 0.315 e. The van der Waals surface area contributed by atoms with Gasteiger partial charge in [-0.3, -0.25) is 4.79 Å². The van der Waals surface area contributed by atoms with Crippen molar-refractivity contribution in [3.8, 4) is 0 Å². The number of hydrogen-bond donors (Lipinski definition) is 0. The number of carbonyl (C=O) groups is 1. The highest BCUT2D eigenvalue weighted by Crippen LogP contribution is 2.37. The highest BCUT2D eigenvalue weighted by molar-refractivity contribution is 6.30. The summed E-state index contributed by atoms with van der Waals surface area (Å²) in [6, 6.07) is 17.4. The number of ether oxygens (including phenoxy) is 1. The predicted octanol–water partition coefficient (Wildman–Crippen LogP) is 5.08. The lowest BCUT2D eigenvalue weighted by Gasteiger charge is -2.26. The second kappa shape index (κ2) is 6.80. The summed E-state index contributed by atoms with van der Waals surface area (Å²) in [6.45, 7) is 3.74. The highest BCUT2D eigenvalue weighted by atomic mass is 35.5. The number of rotatable bonds is 4. The Kier molecular flexibility index (Phi) is 5.04. The number of benzene rings is 2. The third kappa shape index (κ3) is 3.58. The molecule has 22 heavy (non-hydrogen) atoms. The quantitative estimate of drug-likeness (QED) is 0.581. The molecule has 0 aliphatic carbocycles. The average Bonchev–Trinajstić information content (AvgIpc) is 2.54. The molecule has 0 N–H and O–H groups in total. The minimum atomic E-state index is -0.754. The third-order valence-corrected chi connectivity index (χ3v) is 3.89. The van der Waals surface area contributed by atoms with Crippen molar-refractivity contribution in [3.63, 3.8) is 0 Å². The molecule has 0 unspecified atom stereocenters. The molecule has 2 rings (SSSR count). The van der Waals surface area contributed by atoms with Crippen molar-refractivity contribution >= 4 is 29.2 Å². The van der Waals surface area contributed by atoms with Crippen LogP contribution < -0.4 is 0 Å². The van der Waals surface area contributed by atoms with Crippen LogP contribution in [-0.2, 0) is 9.53 Å². The van der Waals surface area contributed by atoms with Crippen LogP contribution in [0.1, 0.15) is 25.0 Å². The summed E-state index contributed by atoms with van der Waals surface area (Å²) in [5.74, 6) is -0.267. The second-order valence-electron chi connectivity index (χ2n) is 5.59. The highest BCUT2D eigenvalue weighted by Gasteiger charge is 2.33. The van der Waals surface area contributed by atoms with E-state index >= 15 is 0 Å². The minimum Gasteiger partial charge on any atom is -0.468 e. The van der Waals surface area contributed by atoms with Crippen LogP contribution in [0.2, 0.25) is 5.02 Å². The van der Waals surface area contributed by atoms with Gasteiger partial charge in [-0.15, -0.1) is 0 Å². The Morgan fingerprint density at radius 2 is 1.64 bits per heavy atom. The fraction of sp³-hybridized carbons (Fsp3) is 0.211. The van der Waals surface area contributed by atoms with Gasteiger partial charge in [0.25, 0.3) is 0 Å². The topological polar surface area (TPSA) is 26.3 Å². The van der Waals surface area contributed by atoms with E-state index < -0.39 is 5.41 Å². The average molecular weight is 315 g/mol. The predicted molar refractivity (Wildman–Crippen MR) is 91.6 cm³/mol. The van der Waals surface area contributed by atoms with Gasteiger partial charge in [0, 0.05) is 5.02 Å². The Labute approximate surface area is 136 Å². The minimum absolute atomic E-state index is 0.267. The van der Waals surface area contributed by atoms with E-state index in [-0.39, 0.29) is 5.97 Å². The van der Waals surface area contributed by atoms with Crippen LogP contribution in [0.4, 0.5) is 0 Å². The third-order valence-electron chi connectivity index (χ3n) is 3.63. The van der Waals surface area contributed by atoms with E-state index in [1.165, 1.54) is 7.11 Å². The molecule has 0 heterocycles. The van der Waals surface area contributed by atoms with Gasteiger partial charge in [-0.1, -0.05) is 60.1 Å². The summed E-state index contributed by atoms with van der Waals surface area (Å²) in [5, 5.41) is 0.686. The van der Waals surface area contributed by atoms with E-state index in [0.717, 1.165) is 16.7 Å². The summed E-state index contributed by atoms with van der Waals surface area (Å²) < 4.78 is 4.97. The van der Waals surface area contributed by atoms with Gasteiger partial charge in [-0.05, 0) is 42.7 Å². The maximum absolute atomic E-state index is 12.2. The van der Waals surface area contributed by atoms with Gasteiger partial charge in [-0.2, -0.15) is 0 Å². The number of halogens is 1. The van der Waals surface area contributed by atoms with Crippen molar-refractivity contribution in [1.82, 2.24) is 0 Å². The summed E-state index contributed by atoms with van der Waals surface area (Å²) in [7, 11) is 1.41. The normalized spacial score (nSPS) is 12.1. The van der Waals surface area contributed by atoms with Gasteiger partial charge in [0.15, 0.2) is 0 Å². The first-order chi connectivity index (χ1) is 10.4. The standard InChI is InChI=1S/C19H19ClO2/c1-19(2,18(21)22-3)17(15-7-5-4-6-8-15)13-14-9-11-16(20)12-10-14/h4-13H,1-3H3/b17-13+. The Morgan fingerprint density at radius 1 is 1.05 bits per heavy atom. The Morgan fingerprint density at radius 3 is 2.18 bits per heavy atom. The van der Waals surface area contributed by atoms with Crippen molar-refractivity contribution < 1.29 is 9.53 Å². The first kappa shape index (κ1) is 16.3. The number of hydrogen-bond acceptors (Lipinski definition) is 2. The van der Waals surface area contributed by atoms with Gasteiger partial charge in [-0.25, -0.2) is 0 Å². The molecular formula is C19H19ClO2. The number of esters is 1. The maximum atomic E-state index is 12.2. The summed E-state index contributed by atoms with van der Waals surface area (Å²) >= 11 is 5.93. The van der Waals surface area contributed by atoms with Gasteiger partial charge in [0.1, 0.15) is 0 Å². The molecular weight excluding hydrogens is 296 g/mol. The zero-order valence-electron chi connectivity index (χ0n) is 13.0. The van der Waals surface area contributed by atoms with E-state index in [0.29, 0.717) is 5.02 Å². The van der Waals surface area contributed by atoms with Gasteiger partial charge in [0.05, 0.1) is 12.5 Å². The summed E-state index contributed by atoms with van der Waals surface area (Å²) in [6.07, 6.45) is 2.00. The van der Waals surface area contributed by atoms with E-state index in [2.05, 4.69) is 0 Å². The van der Waals surface area contributed by atoms with E-state index in [1.807, 2.05) is 74.5 Å². The molecule has 0 aromatic heterocycles. The number of methoxy groups -OCH3 is 1. The molecule has 2 aromatic carbocycles. The lowest BCUT2D eigenvalue weighted by molar-refractivity contribution is -0.147. The largest absolute Gasteiger partial charge is 0.468 e. The summed E-state index contributed by atoms with van der Waals surface area (Å²) in [5.41, 5.74) is 2.13. The van der Waals surface area contributed by atoms with E-state index in [4.69, 9.17) is 16.3 Å².